The number of pyridine rings is 1. The molecule has 2 nitrogen and oxygen atoms in total. The normalized spacial score (nSPS) is 13.1. The fraction of sp³-hybridized carbons (Fsp3) is 0.421. The second-order valence-corrected chi connectivity index (χ2v) is 6.21. The highest BCUT2D eigenvalue weighted by atomic mass is 14.9. The first kappa shape index (κ1) is 15.7. The molecule has 0 saturated heterocycles. The molecule has 112 valence electrons. The maximum atomic E-state index is 4.48. The van der Waals surface area contributed by atoms with Crippen LogP contribution in [0.5, 0.6) is 0 Å². The Morgan fingerprint density at radius 1 is 1.10 bits per heavy atom. The van der Waals surface area contributed by atoms with Gasteiger partial charge in [-0.1, -0.05) is 57.2 Å². The molecule has 0 spiro atoms. The number of aromatic nitrogens is 1. The van der Waals surface area contributed by atoms with Crippen LogP contribution in [0.25, 0.3) is 0 Å². The molecule has 2 rings (SSSR count). The van der Waals surface area contributed by atoms with E-state index in [0.717, 1.165) is 18.7 Å². The molecule has 0 saturated carbocycles. The quantitative estimate of drug-likeness (QED) is 0.849. The van der Waals surface area contributed by atoms with E-state index < -0.39 is 0 Å². The number of hydrogen-bond donors (Lipinski definition) is 1. The van der Waals surface area contributed by atoms with Crippen molar-refractivity contribution in [1.29, 1.82) is 0 Å². The Kier molecular flexibility index (Phi) is 5.13. The maximum absolute atomic E-state index is 4.48. The lowest BCUT2D eigenvalue weighted by Gasteiger charge is -2.36. The van der Waals surface area contributed by atoms with Gasteiger partial charge in [-0.05, 0) is 37.1 Å². The highest BCUT2D eigenvalue weighted by Gasteiger charge is 2.32. The molecule has 1 atom stereocenters. The number of benzene rings is 1. The summed E-state index contributed by atoms with van der Waals surface area (Å²) in [5.74, 6) is 0. The lowest BCUT2D eigenvalue weighted by atomic mass is 9.75. The van der Waals surface area contributed by atoms with Gasteiger partial charge in [-0.3, -0.25) is 4.98 Å². The zero-order valence-electron chi connectivity index (χ0n) is 13.6. The fourth-order valence-corrected chi connectivity index (χ4v) is 2.76. The van der Waals surface area contributed by atoms with Gasteiger partial charge in [0.1, 0.15) is 0 Å². The largest absolute Gasteiger partial charge is 0.309 e. The van der Waals surface area contributed by atoms with Crippen LogP contribution in [0, 0.1) is 6.92 Å². The Labute approximate surface area is 128 Å². The van der Waals surface area contributed by atoms with Crippen LogP contribution in [0.15, 0.2) is 48.7 Å². The number of nitrogens with zero attached hydrogens (tertiary/aromatic N) is 1. The third-order valence-corrected chi connectivity index (χ3v) is 4.11. The van der Waals surface area contributed by atoms with Crippen LogP contribution in [0.2, 0.25) is 0 Å². The van der Waals surface area contributed by atoms with Crippen molar-refractivity contribution in [1.82, 2.24) is 10.3 Å². The molecule has 0 aliphatic carbocycles. The van der Waals surface area contributed by atoms with Gasteiger partial charge in [0.15, 0.2) is 0 Å². The first-order valence-electron chi connectivity index (χ1n) is 7.77. The molecule has 1 aromatic heterocycles. The van der Waals surface area contributed by atoms with Crippen LogP contribution in [0.1, 0.15) is 50.1 Å². The van der Waals surface area contributed by atoms with Crippen LogP contribution in [-0.2, 0) is 5.41 Å². The summed E-state index contributed by atoms with van der Waals surface area (Å²) >= 11 is 0. The zero-order chi connectivity index (χ0) is 15.3. The molecule has 0 fully saturated rings. The molecular formula is C19H26N2. The molecule has 0 aliphatic heterocycles. The molecule has 2 aromatic rings. The van der Waals surface area contributed by atoms with E-state index in [9.17, 15) is 0 Å². The Hall–Kier alpha value is -1.67. The first-order valence-corrected chi connectivity index (χ1v) is 7.77. The average molecular weight is 282 g/mol. The van der Waals surface area contributed by atoms with Crippen molar-refractivity contribution in [3.05, 3.63) is 65.5 Å². The van der Waals surface area contributed by atoms with Crippen molar-refractivity contribution in [2.24, 2.45) is 0 Å². The Morgan fingerprint density at radius 3 is 2.38 bits per heavy atom. The monoisotopic (exact) mass is 282 g/mol. The van der Waals surface area contributed by atoms with Crippen molar-refractivity contribution < 1.29 is 0 Å². The van der Waals surface area contributed by atoms with Gasteiger partial charge < -0.3 is 5.32 Å². The molecular weight excluding hydrogens is 256 g/mol. The summed E-state index contributed by atoms with van der Waals surface area (Å²) in [6, 6.07) is 15.3. The number of aryl methyl sites for hydroxylation is 1. The van der Waals surface area contributed by atoms with E-state index in [4.69, 9.17) is 0 Å². The first-order chi connectivity index (χ1) is 10.1. The molecule has 0 bridgehead atoms. The molecule has 1 heterocycles. The molecule has 2 heteroatoms. The van der Waals surface area contributed by atoms with E-state index in [1.54, 1.807) is 0 Å². The van der Waals surface area contributed by atoms with E-state index in [2.05, 4.69) is 73.5 Å². The summed E-state index contributed by atoms with van der Waals surface area (Å²) in [6.07, 6.45) is 3.13. The minimum absolute atomic E-state index is 0.00731. The van der Waals surface area contributed by atoms with E-state index >= 15 is 0 Å². The predicted octanol–water partition coefficient (Wildman–Crippen LogP) is 4.41. The third-order valence-electron chi connectivity index (χ3n) is 4.11. The number of rotatable bonds is 6. The van der Waals surface area contributed by atoms with Crippen molar-refractivity contribution in [3.63, 3.8) is 0 Å². The smallest absolute Gasteiger partial charge is 0.0428 e. The van der Waals surface area contributed by atoms with Crippen molar-refractivity contribution in [2.45, 2.75) is 45.6 Å². The molecule has 0 radical (unpaired) electrons. The highest BCUT2D eigenvalue weighted by Crippen LogP contribution is 2.36. The summed E-state index contributed by atoms with van der Waals surface area (Å²) in [4.78, 5) is 4.48. The van der Waals surface area contributed by atoms with Crippen molar-refractivity contribution in [3.8, 4) is 0 Å². The predicted molar refractivity (Wildman–Crippen MR) is 89.5 cm³/mol. The lowest BCUT2D eigenvalue weighted by molar-refractivity contribution is 0.347. The summed E-state index contributed by atoms with van der Waals surface area (Å²) < 4.78 is 0. The van der Waals surface area contributed by atoms with Gasteiger partial charge in [0, 0.05) is 23.3 Å². The molecule has 1 aromatic carbocycles. The summed E-state index contributed by atoms with van der Waals surface area (Å²) in [5, 5.41) is 3.70. The van der Waals surface area contributed by atoms with Crippen LogP contribution < -0.4 is 5.32 Å². The van der Waals surface area contributed by atoms with Crippen LogP contribution in [0.3, 0.4) is 0 Å². The molecule has 1 N–H and O–H groups in total. The Morgan fingerprint density at radius 2 is 1.81 bits per heavy atom. The van der Waals surface area contributed by atoms with E-state index in [1.807, 2.05) is 13.1 Å². The van der Waals surface area contributed by atoms with E-state index in [-0.39, 0.29) is 11.5 Å². The highest BCUT2D eigenvalue weighted by molar-refractivity contribution is 5.31. The van der Waals surface area contributed by atoms with Gasteiger partial charge >= 0.3 is 0 Å². The summed E-state index contributed by atoms with van der Waals surface area (Å²) in [5.41, 5.74) is 3.67. The van der Waals surface area contributed by atoms with Gasteiger partial charge in [-0.2, -0.15) is 0 Å². The van der Waals surface area contributed by atoms with Crippen molar-refractivity contribution >= 4 is 0 Å². The van der Waals surface area contributed by atoms with E-state index in [1.165, 1.54) is 11.1 Å². The zero-order valence-corrected chi connectivity index (χ0v) is 13.6. The maximum Gasteiger partial charge on any atom is 0.0428 e. The fourth-order valence-electron chi connectivity index (χ4n) is 2.76. The second-order valence-electron chi connectivity index (χ2n) is 6.21. The van der Waals surface area contributed by atoms with Gasteiger partial charge in [0.25, 0.3) is 0 Å². The molecule has 1 unspecified atom stereocenters. The van der Waals surface area contributed by atoms with Crippen LogP contribution >= 0.6 is 0 Å². The average Bonchev–Trinajstić information content (AvgIpc) is 2.50. The van der Waals surface area contributed by atoms with E-state index in [0.29, 0.717) is 0 Å². The summed E-state index contributed by atoms with van der Waals surface area (Å²) in [7, 11) is 0. The van der Waals surface area contributed by atoms with Crippen LogP contribution in [0.4, 0.5) is 0 Å². The molecule has 0 aliphatic rings. The minimum Gasteiger partial charge on any atom is -0.309 e. The number of hydrogen-bond acceptors (Lipinski definition) is 2. The topological polar surface area (TPSA) is 24.9 Å². The second kappa shape index (κ2) is 6.86. The summed E-state index contributed by atoms with van der Waals surface area (Å²) in [6.45, 7) is 9.84. The third kappa shape index (κ3) is 3.70. The standard InChI is InChI=1S/C19H26N2/c1-5-13-20-18(16-12-11-15(2)21-14-16)19(3,4)17-9-7-6-8-10-17/h6-12,14,18,20H,5,13H2,1-4H3. The van der Waals surface area contributed by atoms with Gasteiger partial charge in [0.05, 0.1) is 0 Å². The SMILES string of the molecule is CCCNC(c1ccc(C)nc1)C(C)(C)c1ccccc1. The Bertz CT molecular complexity index is 544. The van der Waals surface area contributed by atoms with Gasteiger partial charge in [0.2, 0.25) is 0 Å². The van der Waals surface area contributed by atoms with Gasteiger partial charge in [-0.15, -0.1) is 0 Å². The number of nitrogens with one attached hydrogen (secondary N) is 1. The minimum atomic E-state index is 0.00731. The lowest BCUT2D eigenvalue weighted by Crippen LogP contribution is -2.38. The molecule has 21 heavy (non-hydrogen) atoms. The van der Waals surface area contributed by atoms with Crippen LogP contribution in [-0.4, -0.2) is 11.5 Å². The Balaban J connectivity index is 2.37. The van der Waals surface area contributed by atoms with Crippen molar-refractivity contribution in [2.75, 3.05) is 6.54 Å². The molecule has 0 amide bonds. The van der Waals surface area contributed by atoms with Gasteiger partial charge in [-0.25, -0.2) is 0 Å².